The molecule has 0 spiro atoms. The number of anilines is 4. The van der Waals surface area contributed by atoms with Gasteiger partial charge in [0.2, 0.25) is 5.95 Å². The lowest BCUT2D eigenvalue weighted by molar-refractivity contribution is 0.0526. The highest BCUT2D eigenvalue weighted by Gasteiger charge is 2.18. The van der Waals surface area contributed by atoms with Gasteiger partial charge in [-0.15, -0.1) is 0 Å². The molecule has 0 aliphatic rings. The van der Waals surface area contributed by atoms with E-state index in [4.69, 9.17) is 16.3 Å². The predicted molar refractivity (Wildman–Crippen MR) is 127 cm³/mol. The van der Waals surface area contributed by atoms with Crippen LogP contribution in [0.15, 0.2) is 55.2 Å². The molecule has 0 fully saturated rings. The van der Waals surface area contributed by atoms with E-state index < -0.39 is 11.8 Å². The lowest BCUT2D eigenvalue weighted by atomic mass is 10.1. The van der Waals surface area contributed by atoms with Crippen molar-refractivity contribution in [3.8, 4) is 11.1 Å². The molecule has 9 nitrogen and oxygen atoms in total. The van der Waals surface area contributed by atoms with Crippen LogP contribution in [0, 0.1) is 5.82 Å². The van der Waals surface area contributed by atoms with E-state index in [9.17, 15) is 9.18 Å². The van der Waals surface area contributed by atoms with Crippen LogP contribution >= 0.6 is 11.6 Å². The second-order valence-electron chi connectivity index (χ2n) is 7.30. The largest absolute Gasteiger partial charge is 0.462 e. The van der Waals surface area contributed by atoms with Gasteiger partial charge in [-0.25, -0.2) is 14.2 Å². The number of pyridine rings is 1. The summed E-state index contributed by atoms with van der Waals surface area (Å²) in [5.41, 5.74) is 2.89. The summed E-state index contributed by atoms with van der Waals surface area (Å²) < 4.78 is 20.3. The Kier molecular flexibility index (Phi) is 6.69. The van der Waals surface area contributed by atoms with E-state index >= 15 is 0 Å². The van der Waals surface area contributed by atoms with Crippen LogP contribution in [0.25, 0.3) is 11.1 Å². The molecule has 0 atom stereocenters. The van der Waals surface area contributed by atoms with Crippen LogP contribution < -0.4 is 10.2 Å². The molecule has 34 heavy (non-hydrogen) atoms. The molecule has 0 saturated heterocycles. The number of ether oxygens (including phenoxy) is 1. The van der Waals surface area contributed by atoms with Gasteiger partial charge in [-0.3, -0.25) is 9.67 Å². The first-order valence-electron chi connectivity index (χ1n) is 10.3. The maximum Gasteiger partial charge on any atom is 0.339 e. The zero-order chi connectivity index (χ0) is 24.2. The van der Waals surface area contributed by atoms with E-state index in [2.05, 4.69) is 25.4 Å². The van der Waals surface area contributed by atoms with E-state index in [0.29, 0.717) is 28.2 Å². The molecule has 1 N–H and O–H groups in total. The second kappa shape index (κ2) is 9.84. The van der Waals surface area contributed by atoms with Crippen LogP contribution in [0.5, 0.6) is 0 Å². The number of halogens is 2. The highest BCUT2D eigenvalue weighted by atomic mass is 35.5. The van der Waals surface area contributed by atoms with Gasteiger partial charge in [-0.05, 0) is 31.2 Å². The molecule has 4 aromatic rings. The van der Waals surface area contributed by atoms with Crippen LogP contribution in [0.3, 0.4) is 0 Å². The minimum atomic E-state index is -0.519. The summed E-state index contributed by atoms with van der Waals surface area (Å²) in [7, 11) is 3.65. The summed E-state index contributed by atoms with van der Waals surface area (Å²) in [5.74, 6) is -0.186. The van der Waals surface area contributed by atoms with Crippen molar-refractivity contribution in [2.45, 2.75) is 6.92 Å². The Morgan fingerprint density at radius 3 is 2.76 bits per heavy atom. The molecule has 0 aliphatic heterocycles. The zero-order valence-corrected chi connectivity index (χ0v) is 19.4. The normalized spacial score (nSPS) is 10.7. The number of rotatable bonds is 7. The van der Waals surface area contributed by atoms with Gasteiger partial charge in [0.15, 0.2) is 0 Å². The molecule has 3 heterocycles. The number of aromatic nitrogens is 5. The van der Waals surface area contributed by atoms with Crippen molar-refractivity contribution in [2.75, 3.05) is 23.9 Å². The maximum absolute atomic E-state index is 13.5. The van der Waals surface area contributed by atoms with Crippen molar-refractivity contribution < 1.29 is 13.9 Å². The van der Waals surface area contributed by atoms with Gasteiger partial charge < -0.3 is 15.0 Å². The molecule has 0 radical (unpaired) electrons. The van der Waals surface area contributed by atoms with E-state index in [-0.39, 0.29) is 17.6 Å². The van der Waals surface area contributed by atoms with Gasteiger partial charge in [-0.1, -0.05) is 11.6 Å². The minimum absolute atomic E-state index is 0.0174. The lowest BCUT2D eigenvalue weighted by Gasteiger charge is -2.20. The fourth-order valence-electron chi connectivity index (χ4n) is 3.21. The fourth-order valence-corrected chi connectivity index (χ4v) is 3.39. The van der Waals surface area contributed by atoms with E-state index in [0.717, 1.165) is 5.69 Å². The Balaban J connectivity index is 1.77. The minimum Gasteiger partial charge on any atom is -0.462 e. The molecule has 0 bridgehead atoms. The zero-order valence-electron chi connectivity index (χ0n) is 18.7. The van der Waals surface area contributed by atoms with Crippen LogP contribution in [0.4, 0.5) is 27.5 Å². The standard InChI is InChI=1S/C23H21ClFN7O2/c1-4-34-22(33)15-7-14(9-26-10-15)18-12-27-23(29-16-5-6-20(25)19(24)8-16)30-21(18)32(3)17-11-28-31(2)13-17/h5-13H,4H2,1-3H3,(H,27,29,30). The first kappa shape index (κ1) is 23.1. The van der Waals surface area contributed by atoms with Crippen molar-refractivity contribution in [3.05, 3.63) is 71.7 Å². The summed E-state index contributed by atoms with van der Waals surface area (Å²) >= 11 is 5.89. The monoisotopic (exact) mass is 481 g/mol. The average Bonchev–Trinajstić information content (AvgIpc) is 3.27. The number of esters is 1. The number of nitrogens with zero attached hydrogens (tertiary/aromatic N) is 6. The molecule has 0 aliphatic carbocycles. The molecule has 0 amide bonds. The molecule has 11 heteroatoms. The van der Waals surface area contributed by atoms with Gasteiger partial charge in [0.25, 0.3) is 0 Å². The van der Waals surface area contributed by atoms with Crippen molar-refractivity contribution in [2.24, 2.45) is 7.05 Å². The number of aryl methyl sites for hydroxylation is 1. The summed E-state index contributed by atoms with van der Waals surface area (Å²) in [4.78, 5) is 27.3. The number of benzene rings is 1. The highest BCUT2D eigenvalue weighted by Crippen LogP contribution is 2.33. The fraction of sp³-hybridized carbons (Fsp3) is 0.174. The number of carbonyl (C=O) groups is 1. The molecular formula is C23H21ClFN7O2. The SMILES string of the molecule is CCOC(=O)c1cncc(-c2cnc(Nc3ccc(F)c(Cl)c3)nc2N(C)c2cnn(C)c2)c1. The first-order valence-corrected chi connectivity index (χ1v) is 10.7. The van der Waals surface area contributed by atoms with Crippen molar-refractivity contribution >= 4 is 40.7 Å². The third kappa shape index (κ3) is 4.96. The Morgan fingerprint density at radius 2 is 2.06 bits per heavy atom. The average molecular weight is 482 g/mol. The molecule has 1 aromatic carbocycles. The Bertz CT molecular complexity index is 1340. The second-order valence-corrected chi connectivity index (χ2v) is 7.71. The highest BCUT2D eigenvalue weighted by molar-refractivity contribution is 6.31. The first-order chi connectivity index (χ1) is 16.4. The molecule has 174 valence electrons. The summed E-state index contributed by atoms with van der Waals surface area (Å²) in [6, 6.07) is 5.92. The van der Waals surface area contributed by atoms with Crippen LogP contribution in [-0.4, -0.2) is 44.4 Å². The Labute approximate surface area is 200 Å². The van der Waals surface area contributed by atoms with E-state index in [1.54, 1.807) is 36.3 Å². The lowest BCUT2D eigenvalue weighted by Crippen LogP contribution is -2.14. The summed E-state index contributed by atoms with van der Waals surface area (Å²) in [5, 5.41) is 7.24. The van der Waals surface area contributed by atoms with Gasteiger partial charge in [0.05, 0.1) is 29.1 Å². The molecule has 0 unspecified atom stereocenters. The van der Waals surface area contributed by atoms with Gasteiger partial charge in [0, 0.05) is 55.7 Å². The van der Waals surface area contributed by atoms with Crippen molar-refractivity contribution in [1.82, 2.24) is 24.7 Å². The molecular weight excluding hydrogens is 461 g/mol. The quantitative estimate of drug-likeness (QED) is 0.377. The third-order valence-corrected chi connectivity index (χ3v) is 5.19. The predicted octanol–water partition coefficient (Wildman–Crippen LogP) is 4.75. The van der Waals surface area contributed by atoms with E-state index in [1.165, 1.54) is 24.4 Å². The molecule has 0 saturated carbocycles. The third-order valence-electron chi connectivity index (χ3n) is 4.90. The molecule has 4 rings (SSSR count). The van der Waals surface area contributed by atoms with Gasteiger partial charge in [-0.2, -0.15) is 10.1 Å². The Morgan fingerprint density at radius 1 is 1.24 bits per heavy atom. The summed E-state index contributed by atoms with van der Waals surface area (Å²) in [6.45, 7) is 2.00. The smallest absolute Gasteiger partial charge is 0.339 e. The topological polar surface area (TPSA) is 98.1 Å². The van der Waals surface area contributed by atoms with Crippen molar-refractivity contribution in [3.63, 3.8) is 0 Å². The van der Waals surface area contributed by atoms with Gasteiger partial charge in [0.1, 0.15) is 11.6 Å². The molecule has 3 aromatic heterocycles. The van der Waals surface area contributed by atoms with Crippen LogP contribution in [0.1, 0.15) is 17.3 Å². The number of carbonyl (C=O) groups excluding carboxylic acids is 1. The van der Waals surface area contributed by atoms with Crippen LogP contribution in [-0.2, 0) is 11.8 Å². The maximum atomic E-state index is 13.5. The number of hydrogen-bond donors (Lipinski definition) is 1. The number of nitrogens with one attached hydrogen (secondary N) is 1. The Hall–Kier alpha value is -4.05. The van der Waals surface area contributed by atoms with Gasteiger partial charge >= 0.3 is 5.97 Å². The van der Waals surface area contributed by atoms with Crippen LogP contribution in [0.2, 0.25) is 5.02 Å². The number of hydrogen-bond acceptors (Lipinski definition) is 8. The van der Waals surface area contributed by atoms with Crippen molar-refractivity contribution in [1.29, 1.82) is 0 Å². The summed E-state index contributed by atoms with van der Waals surface area (Å²) in [6.07, 6.45) is 8.22. The van der Waals surface area contributed by atoms with E-state index in [1.807, 2.05) is 25.2 Å².